The number of carbonyl (C=O) groups is 1. The Morgan fingerprint density at radius 1 is 1.17 bits per heavy atom. The normalized spacial score (nSPS) is 15.5. The molecule has 0 unspecified atom stereocenters. The van der Waals surface area contributed by atoms with Crippen molar-refractivity contribution in [2.45, 2.75) is 43.0 Å². The lowest BCUT2D eigenvalue weighted by Gasteiger charge is -2.31. The Morgan fingerprint density at radius 2 is 1.97 bits per heavy atom. The van der Waals surface area contributed by atoms with Crippen molar-refractivity contribution in [2.24, 2.45) is 0 Å². The third-order valence-corrected chi connectivity index (χ3v) is 7.07. The minimum absolute atomic E-state index is 0.103. The van der Waals surface area contributed by atoms with E-state index in [4.69, 9.17) is 4.42 Å². The lowest BCUT2D eigenvalue weighted by molar-refractivity contribution is 0.0880. The number of likely N-dealkylation sites (tertiary alicyclic amines) is 1. The number of carbonyl (C=O) groups excluding carboxylic acids is 1. The second kappa shape index (κ2) is 9.65. The van der Waals surface area contributed by atoms with Gasteiger partial charge in [-0.25, -0.2) is 0 Å². The van der Waals surface area contributed by atoms with Crippen LogP contribution in [0.5, 0.6) is 0 Å². The maximum Gasteiger partial charge on any atom is 0.287 e. The largest absolute Gasteiger partial charge is 0.455 e. The molecular weight excluding hydrogens is 400 g/mol. The van der Waals surface area contributed by atoms with Gasteiger partial charge in [0.05, 0.1) is 5.75 Å². The number of furan rings is 1. The van der Waals surface area contributed by atoms with Crippen molar-refractivity contribution in [1.29, 1.82) is 0 Å². The van der Waals surface area contributed by atoms with Crippen LogP contribution in [0.1, 0.15) is 39.6 Å². The molecule has 0 spiro atoms. The molecule has 1 aromatic carbocycles. The molecule has 1 aliphatic heterocycles. The van der Waals surface area contributed by atoms with E-state index in [0.717, 1.165) is 44.0 Å². The van der Waals surface area contributed by atoms with Crippen LogP contribution in [-0.4, -0.2) is 29.9 Å². The molecule has 0 atom stereocenters. The quantitative estimate of drug-likeness (QED) is 0.518. The minimum Gasteiger partial charge on any atom is -0.455 e. The molecule has 1 aliphatic rings. The minimum atomic E-state index is -0.103. The van der Waals surface area contributed by atoms with E-state index in [1.807, 2.05) is 6.07 Å². The van der Waals surface area contributed by atoms with Gasteiger partial charge in [-0.05, 0) is 55.5 Å². The van der Waals surface area contributed by atoms with Gasteiger partial charge in [0.2, 0.25) is 0 Å². The van der Waals surface area contributed by atoms with Crippen molar-refractivity contribution >= 4 is 29.0 Å². The predicted octanol–water partition coefficient (Wildman–Crippen LogP) is 5.34. The molecular formula is C23H26N2O2S2. The second-order valence-corrected chi connectivity index (χ2v) is 9.55. The van der Waals surface area contributed by atoms with Crippen LogP contribution in [0.15, 0.2) is 63.2 Å². The zero-order chi connectivity index (χ0) is 20.1. The molecule has 0 saturated carbocycles. The van der Waals surface area contributed by atoms with E-state index in [1.165, 1.54) is 15.3 Å². The highest BCUT2D eigenvalue weighted by Crippen LogP contribution is 2.24. The second-order valence-electron chi connectivity index (χ2n) is 7.47. The Kier molecular flexibility index (Phi) is 6.74. The van der Waals surface area contributed by atoms with Gasteiger partial charge in [-0.15, -0.1) is 23.1 Å². The zero-order valence-corrected chi connectivity index (χ0v) is 18.2. The summed E-state index contributed by atoms with van der Waals surface area (Å²) in [4.78, 5) is 17.6. The maximum absolute atomic E-state index is 12.6. The molecule has 0 aliphatic carbocycles. The van der Waals surface area contributed by atoms with Gasteiger partial charge < -0.3 is 9.73 Å². The summed E-state index contributed by atoms with van der Waals surface area (Å²) >= 11 is 3.52. The zero-order valence-electron chi connectivity index (χ0n) is 16.6. The van der Waals surface area contributed by atoms with Crippen LogP contribution in [0, 0.1) is 6.92 Å². The number of nitrogens with zero attached hydrogens (tertiary/aromatic N) is 1. The molecule has 1 amide bonds. The van der Waals surface area contributed by atoms with Crippen LogP contribution in [0.3, 0.4) is 0 Å². The SMILES string of the molecule is Cc1ccc(SCc2ccc(C(=O)NC3CCN(Cc4cccs4)CC3)o2)cc1. The Hall–Kier alpha value is -2.02. The van der Waals surface area contributed by atoms with Crippen LogP contribution in [0.4, 0.5) is 0 Å². The van der Waals surface area contributed by atoms with Crippen LogP contribution in [-0.2, 0) is 12.3 Å². The van der Waals surface area contributed by atoms with Gasteiger partial charge in [-0.3, -0.25) is 9.69 Å². The van der Waals surface area contributed by atoms with Crippen LogP contribution < -0.4 is 5.32 Å². The van der Waals surface area contributed by atoms with Crippen LogP contribution in [0.2, 0.25) is 0 Å². The monoisotopic (exact) mass is 426 g/mol. The lowest BCUT2D eigenvalue weighted by Crippen LogP contribution is -2.44. The summed E-state index contributed by atoms with van der Waals surface area (Å²) < 4.78 is 5.78. The fourth-order valence-corrected chi connectivity index (χ4v) is 5.02. The number of rotatable bonds is 7. The first-order valence-electron chi connectivity index (χ1n) is 9.99. The summed E-state index contributed by atoms with van der Waals surface area (Å²) in [6.07, 6.45) is 1.96. The van der Waals surface area contributed by atoms with Gasteiger partial charge in [0.1, 0.15) is 5.76 Å². The smallest absolute Gasteiger partial charge is 0.287 e. The van der Waals surface area contributed by atoms with E-state index >= 15 is 0 Å². The predicted molar refractivity (Wildman–Crippen MR) is 120 cm³/mol. The van der Waals surface area contributed by atoms with Crippen molar-refractivity contribution in [3.8, 4) is 0 Å². The topological polar surface area (TPSA) is 45.5 Å². The summed E-state index contributed by atoms with van der Waals surface area (Å²) in [6.45, 7) is 5.12. The third kappa shape index (κ3) is 5.75. The molecule has 6 heteroatoms. The number of nitrogens with one attached hydrogen (secondary N) is 1. The molecule has 1 saturated heterocycles. The average molecular weight is 427 g/mol. The summed E-state index contributed by atoms with van der Waals surface area (Å²) in [5.74, 6) is 1.85. The Bertz CT molecular complexity index is 911. The lowest BCUT2D eigenvalue weighted by atomic mass is 10.0. The molecule has 4 nitrogen and oxygen atoms in total. The highest BCUT2D eigenvalue weighted by molar-refractivity contribution is 7.98. The number of thioether (sulfide) groups is 1. The van der Waals surface area contributed by atoms with Gasteiger partial charge in [-0.1, -0.05) is 23.8 Å². The highest BCUT2D eigenvalue weighted by Gasteiger charge is 2.22. The van der Waals surface area contributed by atoms with E-state index in [9.17, 15) is 4.79 Å². The van der Waals surface area contributed by atoms with Gasteiger partial charge in [0.15, 0.2) is 5.76 Å². The van der Waals surface area contributed by atoms with Crippen molar-refractivity contribution in [3.63, 3.8) is 0 Å². The average Bonchev–Trinajstić information content (AvgIpc) is 3.41. The van der Waals surface area contributed by atoms with Crippen molar-refractivity contribution in [3.05, 3.63) is 75.9 Å². The van der Waals surface area contributed by atoms with E-state index in [1.54, 1.807) is 29.2 Å². The van der Waals surface area contributed by atoms with Crippen molar-refractivity contribution < 1.29 is 9.21 Å². The first-order valence-corrected chi connectivity index (χ1v) is 11.9. The fourth-order valence-electron chi connectivity index (χ4n) is 3.48. The van der Waals surface area contributed by atoms with Crippen molar-refractivity contribution in [1.82, 2.24) is 10.2 Å². The third-order valence-electron chi connectivity index (χ3n) is 5.17. The number of hydrogen-bond donors (Lipinski definition) is 1. The molecule has 1 fully saturated rings. The molecule has 3 aromatic rings. The maximum atomic E-state index is 12.6. The molecule has 3 heterocycles. The number of piperidine rings is 1. The molecule has 1 N–H and O–H groups in total. The first kappa shape index (κ1) is 20.3. The summed E-state index contributed by atoms with van der Waals surface area (Å²) in [5, 5.41) is 5.27. The fraction of sp³-hybridized carbons (Fsp3) is 0.348. The van der Waals surface area contributed by atoms with E-state index in [2.05, 4.69) is 58.9 Å². The molecule has 29 heavy (non-hydrogen) atoms. The van der Waals surface area contributed by atoms with Gasteiger partial charge in [-0.2, -0.15) is 0 Å². The Morgan fingerprint density at radius 3 is 2.69 bits per heavy atom. The van der Waals surface area contributed by atoms with E-state index < -0.39 is 0 Å². The van der Waals surface area contributed by atoms with Gasteiger partial charge in [0, 0.05) is 35.4 Å². The molecule has 2 aromatic heterocycles. The number of hydrogen-bond acceptors (Lipinski definition) is 5. The number of amides is 1. The molecule has 4 rings (SSSR count). The number of benzene rings is 1. The highest BCUT2D eigenvalue weighted by atomic mass is 32.2. The number of aryl methyl sites for hydroxylation is 1. The Labute approximate surface area is 180 Å². The van der Waals surface area contributed by atoms with Crippen molar-refractivity contribution in [2.75, 3.05) is 13.1 Å². The Balaban J connectivity index is 1.22. The van der Waals surface area contributed by atoms with Crippen LogP contribution in [0.25, 0.3) is 0 Å². The molecule has 0 bridgehead atoms. The number of thiophene rings is 1. The van der Waals surface area contributed by atoms with Gasteiger partial charge in [0.25, 0.3) is 5.91 Å². The van der Waals surface area contributed by atoms with E-state index in [0.29, 0.717) is 5.76 Å². The summed E-state index contributed by atoms with van der Waals surface area (Å²) in [5.41, 5.74) is 1.25. The first-order chi connectivity index (χ1) is 14.2. The molecule has 0 radical (unpaired) electrons. The van der Waals surface area contributed by atoms with E-state index in [-0.39, 0.29) is 11.9 Å². The standard InChI is InChI=1S/C23H26N2O2S2/c1-17-4-7-20(8-5-17)29-16-19-6-9-22(27-19)23(26)24-18-10-12-25(13-11-18)15-21-3-2-14-28-21/h2-9,14,18H,10-13,15-16H2,1H3,(H,24,26). The van der Waals surface area contributed by atoms with Gasteiger partial charge >= 0.3 is 0 Å². The van der Waals surface area contributed by atoms with Crippen LogP contribution >= 0.6 is 23.1 Å². The molecule has 152 valence electrons. The summed E-state index contributed by atoms with van der Waals surface area (Å²) in [6, 6.07) is 16.6. The summed E-state index contributed by atoms with van der Waals surface area (Å²) in [7, 11) is 0.